The molecule has 1 heterocycles. The Hall–Kier alpha value is -2.04. The summed E-state index contributed by atoms with van der Waals surface area (Å²) >= 11 is 0. The fraction of sp³-hybridized carbons (Fsp3) is 0.652. The fourth-order valence-corrected chi connectivity index (χ4v) is 4.39. The van der Waals surface area contributed by atoms with Crippen molar-refractivity contribution < 1.29 is 9.53 Å². The van der Waals surface area contributed by atoms with E-state index in [1.54, 1.807) is 6.92 Å². The highest BCUT2D eigenvalue weighted by Crippen LogP contribution is 2.35. The second-order valence-electron chi connectivity index (χ2n) is 8.94. The molecule has 5 heteroatoms. The molecule has 0 spiro atoms. The average Bonchev–Trinajstić information content (AvgIpc) is 3.41. The van der Waals surface area contributed by atoms with Crippen LogP contribution in [0, 0.1) is 11.8 Å². The first-order valence-corrected chi connectivity index (χ1v) is 11.0. The third-order valence-electron chi connectivity index (χ3n) is 6.33. The molecule has 0 radical (unpaired) electrons. The minimum absolute atomic E-state index is 0.0723. The highest BCUT2D eigenvalue weighted by atomic mass is 16.5. The van der Waals surface area contributed by atoms with Gasteiger partial charge in [-0.25, -0.2) is 0 Å². The number of fused-ring (bicyclic) bond motifs is 1. The van der Waals surface area contributed by atoms with Crippen molar-refractivity contribution in [2.24, 2.45) is 11.8 Å². The van der Waals surface area contributed by atoms with E-state index in [4.69, 9.17) is 9.84 Å². The van der Waals surface area contributed by atoms with Crippen LogP contribution >= 0.6 is 0 Å². The normalized spacial score (nSPS) is 23.5. The molecule has 0 aliphatic heterocycles. The largest absolute Gasteiger partial charge is 0.493 e. The lowest BCUT2D eigenvalue weighted by Gasteiger charge is -2.29. The molecule has 4 rings (SSSR count). The van der Waals surface area contributed by atoms with Gasteiger partial charge in [-0.15, -0.1) is 0 Å². The maximum Gasteiger partial charge on any atom is 0.217 e. The van der Waals surface area contributed by atoms with Crippen molar-refractivity contribution in [3.05, 3.63) is 24.4 Å². The number of aromatic nitrogens is 2. The summed E-state index contributed by atoms with van der Waals surface area (Å²) in [4.78, 5) is 11.1. The molecular formula is C23H33N3O2. The second-order valence-corrected chi connectivity index (χ2v) is 8.94. The zero-order valence-electron chi connectivity index (χ0n) is 17.2. The van der Waals surface area contributed by atoms with Crippen molar-refractivity contribution in [3.8, 4) is 5.75 Å². The van der Waals surface area contributed by atoms with E-state index < -0.39 is 0 Å². The summed E-state index contributed by atoms with van der Waals surface area (Å²) in [7, 11) is 0. The van der Waals surface area contributed by atoms with Crippen LogP contribution < -0.4 is 10.1 Å². The number of rotatable bonds is 8. The second kappa shape index (κ2) is 8.54. The molecule has 5 nitrogen and oxygen atoms in total. The number of amides is 1. The predicted molar refractivity (Wildman–Crippen MR) is 111 cm³/mol. The molecule has 1 atom stereocenters. The van der Waals surface area contributed by atoms with Crippen LogP contribution in [0.15, 0.2) is 24.4 Å². The number of nitrogens with one attached hydrogen (secondary N) is 1. The number of nitrogens with zero attached hydrogens (tertiary/aromatic N) is 2. The van der Waals surface area contributed by atoms with Gasteiger partial charge in [-0.2, -0.15) is 5.10 Å². The lowest BCUT2D eigenvalue weighted by molar-refractivity contribution is -0.119. The number of carbonyl (C=O) groups excluding carboxylic acids is 1. The van der Waals surface area contributed by atoms with Gasteiger partial charge < -0.3 is 10.1 Å². The van der Waals surface area contributed by atoms with Gasteiger partial charge >= 0.3 is 0 Å². The summed E-state index contributed by atoms with van der Waals surface area (Å²) < 4.78 is 8.09. The smallest absolute Gasteiger partial charge is 0.217 e. The van der Waals surface area contributed by atoms with Crippen molar-refractivity contribution in [1.29, 1.82) is 0 Å². The van der Waals surface area contributed by atoms with Gasteiger partial charge in [-0.3, -0.25) is 9.48 Å². The number of hydrogen-bond donors (Lipinski definition) is 1. The van der Waals surface area contributed by atoms with Gasteiger partial charge in [-0.1, -0.05) is 0 Å². The van der Waals surface area contributed by atoms with Crippen LogP contribution in [0.5, 0.6) is 5.75 Å². The summed E-state index contributed by atoms with van der Waals surface area (Å²) in [5.74, 6) is 2.56. The minimum Gasteiger partial charge on any atom is -0.493 e. The van der Waals surface area contributed by atoms with E-state index in [2.05, 4.69) is 41.3 Å². The van der Waals surface area contributed by atoms with Crippen LogP contribution in [-0.2, 0) is 4.79 Å². The van der Waals surface area contributed by atoms with E-state index in [0.717, 1.165) is 36.1 Å². The van der Waals surface area contributed by atoms with Crippen LogP contribution in [-0.4, -0.2) is 28.3 Å². The topological polar surface area (TPSA) is 56.2 Å². The average molecular weight is 384 g/mol. The maximum atomic E-state index is 11.1. The van der Waals surface area contributed by atoms with Crippen LogP contribution in [0.2, 0.25) is 0 Å². The van der Waals surface area contributed by atoms with E-state index >= 15 is 0 Å². The minimum atomic E-state index is 0.0723. The summed E-state index contributed by atoms with van der Waals surface area (Å²) in [6.07, 6.45) is 12.0. The Bertz CT molecular complexity index is 803. The molecule has 1 aromatic carbocycles. The first kappa shape index (κ1) is 19.3. The number of benzene rings is 1. The first-order valence-electron chi connectivity index (χ1n) is 11.0. The Kier molecular flexibility index (Phi) is 5.88. The Morgan fingerprint density at radius 2 is 1.96 bits per heavy atom. The molecule has 2 aromatic rings. The van der Waals surface area contributed by atoms with Crippen molar-refractivity contribution in [1.82, 2.24) is 15.1 Å². The van der Waals surface area contributed by atoms with Crippen LogP contribution in [0.4, 0.5) is 0 Å². The predicted octanol–water partition coefficient (Wildman–Crippen LogP) is 4.86. The zero-order valence-corrected chi connectivity index (χ0v) is 17.2. The molecule has 0 saturated heterocycles. The highest BCUT2D eigenvalue weighted by Gasteiger charge is 2.24. The van der Waals surface area contributed by atoms with Gasteiger partial charge in [0.05, 0.1) is 18.2 Å². The first-order chi connectivity index (χ1) is 13.6. The monoisotopic (exact) mass is 383 g/mol. The molecular weight excluding hydrogens is 350 g/mol. The molecule has 1 amide bonds. The van der Waals surface area contributed by atoms with Gasteiger partial charge in [0.25, 0.3) is 0 Å². The molecule has 2 saturated carbocycles. The molecule has 28 heavy (non-hydrogen) atoms. The van der Waals surface area contributed by atoms with Gasteiger partial charge in [0.15, 0.2) is 0 Å². The number of hydrogen-bond acceptors (Lipinski definition) is 3. The molecule has 2 fully saturated rings. The Morgan fingerprint density at radius 3 is 2.68 bits per heavy atom. The quantitative estimate of drug-likeness (QED) is 0.708. The van der Waals surface area contributed by atoms with Gasteiger partial charge in [-0.05, 0) is 82.3 Å². The Balaban J connectivity index is 1.29. The van der Waals surface area contributed by atoms with E-state index in [1.165, 1.54) is 50.3 Å². The van der Waals surface area contributed by atoms with Crippen LogP contribution in [0.25, 0.3) is 10.9 Å². The molecule has 1 unspecified atom stereocenters. The van der Waals surface area contributed by atoms with E-state index in [-0.39, 0.29) is 11.9 Å². The lowest BCUT2D eigenvalue weighted by Crippen LogP contribution is -2.31. The van der Waals surface area contributed by atoms with Crippen molar-refractivity contribution in [2.45, 2.75) is 77.3 Å². The van der Waals surface area contributed by atoms with Crippen molar-refractivity contribution >= 4 is 16.8 Å². The molecule has 1 N–H and O–H groups in total. The molecule has 1 aromatic heterocycles. The number of ether oxygens (including phenoxy) is 1. The lowest BCUT2D eigenvalue weighted by atomic mass is 9.83. The van der Waals surface area contributed by atoms with Crippen molar-refractivity contribution in [3.63, 3.8) is 0 Å². The zero-order chi connectivity index (χ0) is 19.5. The van der Waals surface area contributed by atoms with Gasteiger partial charge in [0, 0.05) is 30.6 Å². The Morgan fingerprint density at radius 1 is 1.21 bits per heavy atom. The van der Waals surface area contributed by atoms with E-state index in [0.29, 0.717) is 6.04 Å². The van der Waals surface area contributed by atoms with Crippen molar-refractivity contribution in [2.75, 3.05) is 6.61 Å². The molecule has 0 bridgehead atoms. The Labute approximate surface area is 167 Å². The maximum absolute atomic E-state index is 11.1. The van der Waals surface area contributed by atoms with Gasteiger partial charge in [0.1, 0.15) is 5.75 Å². The summed E-state index contributed by atoms with van der Waals surface area (Å²) in [5.41, 5.74) is 1.04. The summed E-state index contributed by atoms with van der Waals surface area (Å²) in [5, 5.41) is 9.05. The van der Waals surface area contributed by atoms with Crippen LogP contribution in [0.3, 0.4) is 0 Å². The summed E-state index contributed by atoms with van der Waals surface area (Å²) in [6.45, 7) is 4.54. The third-order valence-corrected chi connectivity index (χ3v) is 6.33. The third kappa shape index (κ3) is 5.06. The standard InChI is InChI=1S/C23H33N3O2/c1-16(24-17(2)27)3-4-18-7-10-21(11-8-18)26-14-20-9-12-22(13-23(20)25-26)28-15-19-5-6-19/h9,12-14,16,18-19,21H,3-8,10-11,15H2,1-2H3,(H,24,27). The molecule has 2 aliphatic carbocycles. The SMILES string of the molecule is CC(=O)NC(C)CCC1CCC(n2cc3ccc(OCC4CC4)cc3n2)CC1. The fourth-order valence-electron chi connectivity index (χ4n) is 4.39. The van der Waals surface area contributed by atoms with E-state index in [1.807, 2.05) is 0 Å². The molecule has 152 valence electrons. The molecule has 2 aliphatic rings. The number of carbonyl (C=O) groups is 1. The highest BCUT2D eigenvalue weighted by molar-refractivity contribution is 5.79. The van der Waals surface area contributed by atoms with Crippen LogP contribution in [0.1, 0.15) is 71.3 Å². The van der Waals surface area contributed by atoms with Gasteiger partial charge in [0.2, 0.25) is 5.91 Å². The summed E-state index contributed by atoms with van der Waals surface area (Å²) in [6, 6.07) is 7.08. The van der Waals surface area contributed by atoms with E-state index in [9.17, 15) is 4.79 Å².